The molecule has 0 aromatic heterocycles. The number of aromatic hydroxyl groups is 1. The molecule has 0 amide bonds. The molecule has 1 aromatic rings. The Labute approximate surface area is 106 Å². The highest BCUT2D eigenvalue weighted by atomic mass is 16.3. The predicted molar refractivity (Wildman–Crippen MR) is 74.7 cm³/mol. The minimum Gasteiger partial charge on any atom is -0.508 e. The van der Waals surface area contributed by atoms with Gasteiger partial charge in [0.1, 0.15) is 5.75 Å². The Kier molecular flexibility index (Phi) is 6.10. The van der Waals surface area contributed by atoms with E-state index in [0.717, 1.165) is 19.3 Å². The van der Waals surface area contributed by atoms with Crippen molar-refractivity contribution in [3.05, 3.63) is 28.8 Å². The van der Waals surface area contributed by atoms with Crippen LogP contribution in [0.1, 0.15) is 62.6 Å². The van der Waals surface area contributed by atoms with E-state index >= 15 is 0 Å². The van der Waals surface area contributed by atoms with Crippen LogP contribution >= 0.6 is 0 Å². The zero-order valence-electron chi connectivity index (χ0n) is 11.6. The lowest BCUT2D eigenvalue weighted by molar-refractivity contribution is 0.464. The van der Waals surface area contributed by atoms with Gasteiger partial charge >= 0.3 is 0 Å². The topological polar surface area (TPSA) is 20.2 Å². The first-order valence-electron chi connectivity index (χ1n) is 7.01. The van der Waals surface area contributed by atoms with E-state index in [1.807, 2.05) is 12.1 Å². The summed E-state index contributed by atoms with van der Waals surface area (Å²) in [6.07, 6.45) is 8.30. The van der Waals surface area contributed by atoms with Gasteiger partial charge in [0, 0.05) is 0 Å². The molecule has 0 aliphatic heterocycles. The van der Waals surface area contributed by atoms with Gasteiger partial charge in [-0.25, -0.2) is 0 Å². The summed E-state index contributed by atoms with van der Waals surface area (Å²) in [5.74, 6) is 0.496. The van der Waals surface area contributed by atoms with Crippen molar-refractivity contribution in [2.75, 3.05) is 0 Å². The lowest BCUT2D eigenvalue weighted by Crippen LogP contribution is -1.98. The summed E-state index contributed by atoms with van der Waals surface area (Å²) in [6, 6.07) is 3.89. The molecule has 1 heteroatoms. The van der Waals surface area contributed by atoms with E-state index in [4.69, 9.17) is 0 Å². The molecule has 1 aromatic carbocycles. The maximum atomic E-state index is 10.00. The summed E-state index contributed by atoms with van der Waals surface area (Å²) in [5.41, 5.74) is 3.90. The van der Waals surface area contributed by atoms with Crippen LogP contribution in [0.15, 0.2) is 12.1 Å². The molecule has 0 bridgehead atoms. The lowest BCUT2D eigenvalue weighted by atomic mass is 9.93. The minimum absolute atomic E-state index is 0.496. The number of rotatable bonds is 7. The molecule has 1 rings (SSSR count). The lowest BCUT2D eigenvalue weighted by Gasteiger charge is -2.14. The second-order valence-corrected chi connectivity index (χ2v) is 4.92. The fourth-order valence-corrected chi connectivity index (χ4v) is 2.40. The van der Waals surface area contributed by atoms with Crippen molar-refractivity contribution in [1.29, 1.82) is 0 Å². The third-order valence-corrected chi connectivity index (χ3v) is 3.42. The van der Waals surface area contributed by atoms with Crippen LogP contribution in [-0.2, 0) is 12.8 Å². The summed E-state index contributed by atoms with van der Waals surface area (Å²) in [6.45, 7) is 6.58. The van der Waals surface area contributed by atoms with Crippen molar-refractivity contribution in [3.63, 3.8) is 0 Å². The van der Waals surface area contributed by atoms with Crippen LogP contribution < -0.4 is 0 Å². The second-order valence-electron chi connectivity index (χ2n) is 4.92. The first-order chi connectivity index (χ1) is 8.20. The smallest absolute Gasteiger partial charge is 0.119 e. The Bertz CT molecular complexity index is 342. The van der Waals surface area contributed by atoms with Crippen LogP contribution in [-0.4, -0.2) is 5.11 Å². The van der Waals surface area contributed by atoms with E-state index in [1.165, 1.54) is 42.4 Å². The molecule has 0 aliphatic carbocycles. The molecule has 0 atom stereocenters. The van der Waals surface area contributed by atoms with E-state index in [2.05, 4.69) is 20.8 Å². The molecule has 96 valence electrons. The quantitative estimate of drug-likeness (QED) is 0.673. The molecule has 1 N–H and O–H groups in total. The number of aryl methyl sites for hydroxylation is 1. The summed E-state index contributed by atoms with van der Waals surface area (Å²) >= 11 is 0. The standard InChI is InChI=1S/C16H26O/c1-4-6-7-8-10-15-14(9-5-2)13(3)11-12-16(15)17/h11-12,17H,4-10H2,1-3H3. The van der Waals surface area contributed by atoms with Gasteiger partial charge in [0.15, 0.2) is 0 Å². The molecule has 0 saturated carbocycles. The maximum Gasteiger partial charge on any atom is 0.119 e. The number of phenolic OH excluding ortho intramolecular Hbond substituents is 1. The van der Waals surface area contributed by atoms with E-state index < -0.39 is 0 Å². The van der Waals surface area contributed by atoms with Gasteiger partial charge in [0.25, 0.3) is 0 Å². The van der Waals surface area contributed by atoms with E-state index in [1.54, 1.807) is 0 Å². The van der Waals surface area contributed by atoms with Gasteiger partial charge in [-0.3, -0.25) is 0 Å². The molecule has 17 heavy (non-hydrogen) atoms. The van der Waals surface area contributed by atoms with Gasteiger partial charge < -0.3 is 5.11 Å². The first kappa shape index (κ1) is 14.1. The second kappa shape index (κ2) is 7.37. The number of phenols is 1. The van der Waals surface area contributed by atoms with Crippen molar-refractivity contribution >= 4 is 0 Å². The van der Waals surface area contributed by atoms with Crippen molar-refractivity contribution in [2.24, 2.45) is 0 Å². The zero-order valence-corrected chi connectivity index (χ0v) is 11.6. The SMILES string of the molecule is CCCCCCc1c(O)ccc(C)c1CCC. The van der Waals surface area contributed by atoms with Gasteiger partial charge in [0.2, 0.25) is 0 Å². The Hall–Kier alpha value is -0.980. The average molecular weight is 234 g/mol. The van der Waals surface area contributed by atoms with Gasteiger partial charge in [0.05, 0.1) is 0 Å². The molecule has 0 unspecified atom stereocenters. The summed E-state index contributed by atoms with van der Waals surface area (Å²) in [5, 5.41) is 10.00. The van der Waals surface area contributed by atoms with Crippen LogP contribution in [0.2, 0.25) is 0 Å². The van der Waals surface area contributed by atoms with Crippen LogP contribution in [0, 0.1) is 6.92 Å². The highest BCUT2D eigenvalue weighted by Gasteiger charge is 2.09. The highest BCUT2D eigenvalue weighted by Crippen LogP contribution is 2.27. The van der Waals surface area contributed by atoms with Crippen molar-refractivity contribution in [2.45, 2.75) is 65.7 Å². The fourth-order valence-electron chi connectivity index (χ4n) is 2.40. The summed E-state index contributed by atoms with van der Waals surface area (Å²) in [7, 11) is 0. The van der Waals surface area contributed by atoms with Gasteiger partial charge in [-0.15, -0.1) is 0 Å². The third kappa shape index (κ3) is 4.07. The van der Waals surface area contributed by atoms with Crippen LogP contribution in [0.4, 0.5) is 0 Å². The predicted octanol–water partition coefficient (Wildman–Crippen LogP) is 4.78. The van der Waals surface area contributed by atoms with E-state index in [0.29, 0.717) is 5.75 Å². The molecule has 0 saturated heterocycles. The Morgan fingerprint density at radius 2 is 1.65 bits per heavy atom. The van der Waals surface area contributed by atoms with Crippen LogP contribution in [0.3, 0.4) is 0 Å². The monoisotopic (exact) mass is 234 g/mol. The van der Waals surface area contributed by atoms with Gasteiger partial charge in [-0.2, -0.15) is 0 Å². The fraction of sp³-hybridized carbons (Fsp3) is 0.625. The molecular weight excluding hydrogens is 208 g/mol. The highest BCUT2D eigenvalue weighted by molar-refractivity contribution is 5.44. The largest absolute Gasteiger partial charge is 0.508 e. The average Bonchev–Trinajstić information content (AvgIpc) is 2.32. The van der Waals surface area contributed by atoms with Gasteiger partial charge in [-0.05, 0) is 48.9 Å². The Morgan fingerprint density at radius 3 is 2.29 bits per heavy atom. The van der Waals surface area contributed by atoms with Crippen LogP contribution in [0.5, 0.6) is 5.75 Å². The maximum absolute atomic E-state index is 10.00. The number of benzene rings is 1. The van der Waals surface area contributed by atoms with E-state index in [-0.39, 0.29) is 0 Å². The third-order valence-electron chi connectivity index (χ3n) is 3.42. The van der Waals surface area contributed by atoms with Crippen molar-refractivity contribution in [1.82, 2.24) is 0 Å². The summed E-state index contributed by atoms with van der Waals surface area (Å²) in [4.78, 5) is 0. The molecular formula is C16H26O. The zero-order chi connectivity index (χ0) is 12.7. The molecule has 0 radical (unpaired) electrons. The van der Waals surface area contributed by atoms with Crippen molar-refractivity contribution < 1.29 is 5.11 Å². The van der Waals surface area contributed by atoms with Crippen molar-refractivity contribution in [3.8, 4) is 5.75 Å². The number of unbranched alkanes of at least 4 members (excludes halogenated alkanes) is 3. The first-order valence-corrected chi connectivity index (χ1v) is 7.01. The Morgan fingerprint density at radius 1 is 0.882 bits per heavy atom. The summed E-state index contributed by atoms with van der Waals surface area (Å²) < 4.78 is 0. The molecule has 1 nitrogen and oxygen atoms in total. The normalized spacial score (nSPS) is 10.8. The molecule has 0 fully saturated rings. The van der Waals surface area contributed by atoms with Gasteiger partial charge in [-0.1, -0.05) is 45.6 Å². The Balaban J connectivity index is 2.76. The van der Waals surface area contributed by atoms with E-state index in [9.17, 15) is 5.11 Å². The number of hydrogen-bond acceptors (Lipinski definition) is 1. The van der Waals surface area contributed by atoms with Crippen LogP contribution in [0.25, 0.3) is 0 Å². The molecule has 0 spiro atoms. The molecule has 0 aliphatic rings. The number of hydrogen-bond donors (Lipinski definition) is 1. The molecule has 0 heterocycles. The minimum atomic E-state index is 0.496.